The second-order valence-electron chi connectivity index (χ2n) is 7.78. The number of benzene rings is 2. The Bertz CT molecular complexity index is 923. The summed E-state index contributed by atoms with van der Waals surface area (Å²) in [6.07, 6.45) is 1.25. The number of aliphatic hydroxyl groups excluding tert-OH is 1. The summed E-state index contributed by atoms with van der Waals surface area (Å²) in [5.41, 5.74) is 6.18. The van der Waals surface area contributed by atoms with Gasteiger partial charge < -0.3 is 19.3 Å². The number of aliphatic hydroxyl groups is 1. The number of rotatable bonds is 0. The van der Waals surface area contributed by atoms with Crippen LogP contribution in [0.1, 0.15) is 39.8 Å². The minimum Gasteiger partial charge on any atom is -0.493 e. The van der Waals surface area contributed by atoms with E-state index in [0.717, 1.165) is 42.4 Å². The van der Waals surface area contributed by atoms with Crippen molar-refractivity contribution in [1.82, 2.24) is 4.90 Å². The van der Waals surface area contributed by atoms with E-state index in [1.807, 2.05) is 6.07 Å². The third-order valence-electron chi connectivity index (χ3n) is 6.37. The van der Waals surface area contributed by atoms with Crippen molar-refractivity contribution in [3.8, 4) is 17.2 Å². The molecule has 1 aliphatic carbocycles. The summed E-state index contributed by atoms with van der Waals surface area (Å²) in [4.78, 5) is 2.33. The van der Waals surface area contributed by atoms with Gasteiger partial charge >= 0.3 is 0 Å². The average Bonchev–Trinajstić information content (AvgIpc) is 3.28. The van der Waals surface area contributed by atoms with Crippen LogP contribution >= 0.6 is 0 Å². The highest BCUT2D eigenvalue weighted by Crippen LogP contribution is 2.53. The van der Waals surface area contributed by atoms with E-state index < -0.39 is 6.10 Å². The SMILES string of the molecule is CN1Cc2c(ccc3c2OCO3)C2C(O)Cc3cc4c(cc3C21)OCC4. The lowest BCUT2D eigenvalue weighted by molar-refractivity contribution is 0.0590. The summed E-state index contributed by atoms with van der Waals surface area (Å²) < 4.78 is 17.1. The molecule has 5 heteroatoms. The molecule has 2 aromatic rings. The molecule has 0 radical (unpaired) electrons. The number of nitrogens with zero attached hydrogens (tertiary/aromatic N) is 1. The van der Waals surface area contributed by atoms with Crippen LogP contribution in [0.15, 0.2) is 24.3 Å². The smallest absolute Gasteiger partial charge is 0.231 e. The van der Waals surface area contributed by atoms with Crippen LogP contribution in [0.3, 0.4) is 0 Å². The number of hydrogen-bond donors (Lipinski definition) is 1. The first-order valence-corrected chi connectivity index (χ1v) is 9.29. The second kappa shape index (κ2) is 5.15. The van der Waals surface area contributed by atoms with E-state index >= 15 is 0 Å². The van der Waals surface area contributed by atoms with Gasteiger partial charge in [0, 0.05) is 30.5 Å². The molecule has 0 bridgehead atoms. The van der Waals surface area contributed by atoms with E-state index in [1.54, 1.807) is 0 Å². The van der Waals surface area contributed by atoms with Crippen molar-refractivity contribution in [2.24, 2.45) is 0 Å². The maximum atomic E-state index is 11.1. The van der Waals surface area contributed by atoms with E-state index in [1.165, 1.54) is 22.3 Å². The first-order valence-electron chi connectivity index (χ1n) is 9.29. The van der Waals surface area contributed by atoms with Gasteiger partial charge in [-0.3, -0.25) is 4.90 Å². The van der Waals surface area contributed by atoms with Crippen LogP contribution in [0.25, 0.3) is 0 Å². The lowest BCUT2D eigenvalue weighted by Gasteiger charge is -2.46. The number of fused-ring (bicyclic) bond motifs is 8. The molecule has 0 saturated heterocycles. The normalized spacial score (nSPS) is 28.0. The molecule has 5 nitrogen and oxygen atoms in total. The fourth-order valence-electron chi connectivity index (χ4n) is 5.26. The number of hydrogen-bond acceptors (Lipinski definition) is 5. The largest absolute Gasteiger partial charge is 0.493 e. The molecule has 134 valence electrons. The molecular formula is C21H21NO4. The van der Waals surface area contributed by atoms with E-state index in [0.29, 0.717) is 6.42 Å². The summed E-state index contributed by atoms with van der Waals surface area (Å²) in [6, 6.07) is 8.72. The van der Waals surface area contributed by atoms with E-state index in [2.05, 4.69) is 30.1 Å². The van der Waals surface area contributed by atoms with Crippen molar-refractivity contribution in [2.45, 2.75) is 37.5 Å². The van der Waals surface area contributed by atoms with Crippen LogP contribution in [0.4, 0.5) is 0 Å². The van der Waals surface area contributed by atoms with Crippen molar-refractivity contribution >= 4 is 0 Å². The third-order valence-corrected chi connectivity index (χ3v) is 6.37. The zero-order valence-corrected chi connectivity index (χ0v) is 14.7. The van der Waals surface area contributed by atoms with Crippen LogP contribution in [0, 0.1) is 0 Å². The summed E-state index contributed by atoms with van der Waals surface area (Å²) in [5, 5.41) is 11.1. The van der Waals surface area contributed by atoms with Gasteiger partial charge in [-0.05, 0) is 47.9 Å². The van der Waals surface area contributed by atoms with Crippen LogP contribution in [0.5, 0.6) is 17.2 Å². The monoisotopic (exact) mass is 351 g/mol. The fraction of sp³-hybridized carbons (Fsp3) is 0.429. The topological polar surface area (TPSA) is 51.2 Å². The first-order chi connectivity index (χ1) is 12.7. The van der Waals surface area contributed by atoms with Crippen LogP contribution < -0.4 is 14.2 Å². The Morgan fingerprint density at radius 1 is 1.04 bits per heavy atom. The molecule has 1 N–H and O–H groups in total. The predicted octanol–water partition coefficient (Wildman–Crippen LogP) is 2.54. The molecule has 6 rings (SSSR count). The van der Waals surface area contributed by atoms with E-state index in [-0.39, 0.29) is 18.8 Å². The summed E-state index contributed by atoms with van der Waals surface area (Å²) in [7, 11) is 2.13. The molecule has 0 spiro atoms. The molecule has 3 atom stereocenters. The predicted molar refractivity (Wildman–Crippen MR) is 94.9 cm³/mol. The Balaban J connectivity index is 1.53. The van der Waals surface area contributed by atoms with Crippen molar-refractivity contribution < 1.29 is 19.3 Å². The number of likely N-dealkylation sites (N-methyl/N-ethyl adjacent to an activating group) is 1. The molecule has 0 saturated carbocycles. The lowest BCUT2D eigenvalue weighted by atomic mass is 9.70. The highest BCUT2D eigenvalue weighted by atomic mass is 16.7. The highest BCUT2D eigenvalue weighted by Gasteiger charge is 2.45. The molecule has 26 heavy (non-hydrogen) atoms. The second-order valence-corrected chi connectivity index (χ2v) is 7.78. The van der Waals surface area contributed by atoms with Gasteiger partial charge in [0.05, 0.1) is 12.7 Å². The summed E-state index contributed by atoms with van der Waals surface area (Å²) in [5.74, 6) is 2.71. The Kier molecular flexibility index (Phi) is 2.95. The Labute approximate surface area is 152 Å². The third kappa shape index (κ3) is 1.87. The first kappa shape index (κ1) is 14.9. The quantitative estimate of drug-likeness (QED) is 0.790. The van der Waals surface area contributed by atoms with E-state index in [9.17, 15) is 5.11 Å². The van der Waals surface area contributed by atoms with Crippen LogP contribution in [-0.4, -0.2) is 36.6 Å². The van der Waals surface area contributed by atoms with Gasteiger partial charge in [0.15, 0.2) is 11.5 Å². The van der Waals surface area contributed by atoms with E-state index in [4.69, 9.17) is 14.2 Å². The zero-order valence-electron chi connectivity index (χ0n) is 14.7. The van der Waals surface area contributed by atoms with Gasteiger partial charge in [0.1, 0.15) is 5.75 Å². The van der Waals surface area contributed by atoms with Crippen molar-refractivity contribution in [3.63, 3.8) is 0 Å². The van der Waals surface area contributed by atoms with Gasteiger partial charge in [-0.15, -0.1) is 0 Å². The van der Waals surface area contributed by atoms with Crippen LogP contribution in [-0.2, 0) is 19.4 Å². The van der Waals surface area contributed by atoms with Gasteiger partial charge in [-0.25, -0.2) is 0 Å². The minimum atomic E-state index is -0.408. The summed E-state index contributed by atoms with van der Waals surface area (Å²) in [6.45, 7) is 1.82. The van der Waals surface area contributed by atoms with Crippen molar-refractivity contribution in [2.75, 3.05) is 20.4 Å². The average molecular weight is 351 g/mol. The standard InChI is InChI=1S/C21H21NO4/c1-22-9-15-13(2-3-17-21(15)26-10-25-17)19-16(23)7-12-6-11-4-5-24-18(11)8-14(12)20(19)22/h2-3,6,8,16,19-20,23H,4-5,7,9-10H2,1H3. The van der Waals surface area contributed by atoms with Crippen LogP contribution in [0.2, 0.25) is 0 Å². The van der Waals surface area contributed by atoms with Gasteiger partial charge in [-0.1, -0.05) is 12.1 Å². The molecule has 4 aliphatic rings. The molecule has 3 heterocycles. The lowest BCUT2D eigenvalue weighted by Crippen LogP contribution is -2.43. The summed E-state index contributed by atoms with van der Waals surface area (Å²) >= 11 is 0. The maximum Gasteiger partial charge on any atom is 0.231 e. The minimum absolute atomic E-state index is 0.0326. The molecule has 3 unspecified atom stereocenters. The zero-order chi connectivity index (χ0) is 17.4. The Hall–Kier alpha value is -2.24. The Morgan fingerprint density at radius 3 is 2.88 bits per heavy atom. The maximum absolute atomic E-state index is 11.1. The number of ether oxygens (including phenoxy) is 3. The van der Waals surface area contributed by atoms with Crippen molar-refractivity contribution in [1.29, 1.82) is 0 Å². The highest BCUT2D eigenvalue weighted by molar-refractivity contribution is 5.57. The Morgan fingerprint density at radius 2 is 1.96 bits per heavy atom. The fourth-order valence-corrected chi connectivity index (χ4v) is 5.26. The van der Waals surface area contributed by atoms with Gasteiger partial charge in [0.2, 0.25) is 6.79 Å². The molecule has 2 aromatic carbocycles. The molecule has 3 aliphatic heterocycles. The molecule has 0 aromatic heterocycles. The van der Waals surface area contributed by atoms with Crippen molar-refractivity contribution in [3.05, 3.63) is 52.1 Å². The van der Waals surface area contributed by atoms with Gasteiger partial charge in [0.25, 0.3) is 0 Å². The molecule has 0 amide bonds. The molecule has 0 fully saturated rings. The van der Waals surface area contributed by atoms with Gasteiger partial charge in [-0.2, -0.15) is 0 Å². The molecular weight excluding hydrogens is 330 g/mol.